The van der Waals surface area contributed by atoms with Crippen molar-refractivity contribution < 1.29 is 23.1 Å². The molecule has 0 aliphatic rings. The molecular formula is C28H25F3N6O3. The molecule has 9 nitrogen and oxygen atoms in total. The molecule has 0 aliphatic carbocycles. The highest BCUT2D eigenvalue weighted by molar-refractivity contribution is 5.91. The average molecular weight is 551 g/mol. The molecule has 0 amide bonds. The van der Waals surface area contributed by atoms with Crippen LogP contribution in [-0.2, 0) is 17.8 Å². The minimum absolute atomic E-state index is 0.134. The van der Waals surface area contributed by atoms with E-state index in [0.717, 1.165) is 53.5 Å². The number of halogens is 3. The number of carbonyl (C=O) groups is 1. The molecule has 0 radical (unpaired) electrons. The van der Waals surface area contributed by atoms with Gasteiger partial charge in [-0.25, -0.2) is 14.8 Å². The fourth-order valence-corrected chi connectivity index (χ4v) is 3.88. The number of carboxylic acid groups (broad SMARTS) is 1. The Labute approximate surface area is 226 Å². The second-order valence-electron chi connectivity index (χ2n) is 8.75. The highest BCUT2D eigenvalue weighted by Crippen LogP contribution is 2.32. The smallest absolute Gasteiger partial charge is 0.475 e. The quantitative estimate of drug-likeness (QED) is 0.217. The first kappa shape index (κ1) is 28.2. The predicted octanol–water partition coefficient (Wildman–Crippen LogP) is 4.65. The number of aromatic amines is 2. The summed E-state index contributed by atoms with van der Waals surface area (Å²) in [6, 6.07) is 22.2. The largest absolute Gasteiger partial charge is 0.490 e. The Bertz CT molecular complexity index is 1650. The van der Waals surface area contributed by atoms with Crippen molar-refractivity contribution in [2.24, 2.45) is 0 Å². The first-order valence-corrected chi connectivity index (χ1v) is 12.2. The number of aliphatic carboxylic acids is 1. The molecule has 3 aromatic heterocycles. The minimum Gasteiger partial charge on any atom is -0.475 e. The second kappa shape index (κ2) is 12.3. The highest BCUT2D eigenvalue weighted by Gasteiger charge is 2.38. The SMILES string of the molecule is Cc1nc(CCNCc2ccc(-c3nc4cc[nH]c(=O)c4cc3-c3ccccc3)cc2)n[nH]1.O=C(O)C(F)(F)F. The van der Waals surface area contributed by atoms with Crippen molar-refractivity contribution in [3.63, 3.8) is 0 Å². The van der Waals surface area contributed by atoms with Gasteiger partial charge in [0, 0.05) is 36.8 Å². The molecule has 3 heterocycles. The number of nitrogens with one attached hydrogen (secondary N) is 3. The molecule has 5 aromatic rings. The van der Waals surface area contributed by atoms with Crippen molar-refractivity contribution >= 4 is 16.9 Å². The van der Waals surface area contributed by atoms with Gasteiger partial charge in [0.25, 0.3) is 5.56 Å². The summed E-state index contributed by atoms with van der Waals surface area (Å²) in [7, 11) is 0. The van der Waals surface area contributed by atoms with Crippen molar-refractivity contribution in [1.82, 2.24) is 30.5 Å². The summed E-state index contributed by atoms with van der Waals surface area (Å²) in [5.41, 5.74) is 5.57. The lowest BCUT2D eigenvalue weighted by atomic mass is 9.97. The van der Waals surface area contributed by atoms with Gasteiger partial charge in [0.2, 0.25) is 0 Å². The summed E-state index contributed by atoms with van der Waals surface area (Å²) in [6.07, 6.45) is -2.67. The fraction of sp³-hybridized carbons (Fsp3) is 0.179. The molecule has 0 atom stereocenters. The predicted molar refractivity (Wildman–Crippen MR) is 143 cm³/mol. The van der Waals surface area contributed by atoms with Crippen LogP contribution in [0.3, 0.4) is 0 Å². The van der Waals surface area contributed by atoms with E-state index in [4.69, 9.17) is 14.9 Å². The minimum atomic E-state index is -5.08. The summed E-state index contributed by atoms with van der Waals surface area (Å²) < 4.78 is 31.7. The first-order valence-electron chi connectivity index (χ1n) is 12.2. The summed E-state index contributed by atoms with van der Waals surface area (Å²) in [5.74, 6) is -1.10. The van der Waals surface area contributed by atoms with Crippen LogP contribution in [-0.4, -0.2) is 48.9 Å². The summed E-state index contributed by atoms with van der Waals surface area (Å²) in [5, 5.41) is 18.2. The monoisotopic (exact) mass is 550 g/mol. The molecule has 0 spiro atoms. The van der Waals surface area contributed by atoms with E-state index in [9.17, 15) is 18.0 Å². The molecule has 0 bridgehead atoms. The van der Waals surface area contributed by atoms with Crippen molar-refractivity contribution in [2.45, 2.75) is 26.1 Å². The zero-order chi connectivity index (χ0) is 28.7. The van der Waals surface area contributed by atoms with Gasteiger partial charge in [-0.15, -0.1) is 0 Å². The van der Waals surface area contributed by atoms with Gasteiger partial charge in [0.1, 0.15) is 5.82 Å². The number of fused-ring (bicyclic) bond motifs is 1. The normalized spacial score (nSPS) is 11.2. The van der Waals surface area contributed by atoms with Crippen LogP contribution in [0.4, 0.5) is 13.2 Å². The molecule has 0 aliphatic heterocycles. The van der Waals surface area contributed by atoms with Crippen molar-refractivity contribution in [3.8, 4) is 22.4 Å². The number of H-pyrrole nitrogens is 2. The third-order valence-electron chi connectivity index (χ3n) is 5.80. The van der Waals surface area contributed by atoms with E-state index < -0.39 is 12.1 Å². The fourth-order valence-electron chi connectivity index (χ4n) is 3.88. The topological polar surface area (TPSA) is 137 Å². The molecule has 40 heavy (non-hydrogen) atoms. The summed E-state index contributed by atoms with van der Waals surface area (Å²) in [6.45, 7) is 3.46. The maximum Gasteiger partial charge on any atom is 0.490 e. The number of hydrogen-bond donors (Lipinski definition) is 4. The number of alkyl halides is 3. The van der Waals surface area contributed by atoms with Gasteiger partial charge < -0.3 is 15.4 Å². The second-order valence-corrected chi connectivity index (χ2v) is 8.75. The highest BCUT2D eigenvalue weighted by atomic mass is 19.4. The van der Waals surface area contributed by atoms with Gasteiger partial charge in [0.05, 0.1) is 16.6 Å². The zero-order valence-corrected chi connectivity index (χ0v) is 21.3. The number of hydrogen-bond acceptors (Lipinski definition) is 6. The number of nitrogens with zero attached hydrogens (tertiary/aromatic N) is 3. The lowest BCUT2D eigenvalue weighted by molar-refractivity contribution is -0.192. The Balaban J connectivity index is 0.000000470. The third-order valence-corrected chi connectivity index (χ3v) is 5.80. The first-order chi connectivity index (χ1) is 19.1. The molecular weight excluding hydrogens is 525 g/mol. The van der Waals surface area contributed by atoms with Crippen LogP contribution >= 0.6 is 0 Å². The molecule has 0 saturated heterocycles. The molecule has 4 N–H and O–H groups in total. The Morgan fingerprint density at radius 2 is 1.70 bits per heavy atom. The number of aryl methyl sites for hydroxylation is 1. The Kier molecular flexibility index (Phi) is 8.70. The standard InChI is InChI=1S/C26H24N6O.C2HF3O2/c1-17-29-24(32-31-17)12-13-27-16-18-7-9-20(10-8-18)25-21(19-5-3-2-4-6-19)15-22-23(30-25)11-14-28-26(22)33;3-2(4,5)1(6)7/h2-11,14-15,27H,12-13,16H2,1H3,(H,28,33)(H,29,31,32);(H,6,7). The number of benzene rings is 2. The van der Waals surface area contributed by atoms with Crippen LogP contribution in [0.15, 0.2) is 77.7 Å². The van der Waals surface area contributed by atoms with E-state index in [1.807, 2.05) is 49.4 Å². The number of rotatable bonds is 7. The van der Waals surface area contributed by atoms with Gasteiger partial charge in [-0.3, -0.25) is 9.89 Å². The number of carboxylic acids is 1. The van der Waals surface area contributed by atoms with E-state index >= 15 is 0 Å². The van der Waals surface area contributed by atoms with Crippen LogP contribution in [0.1, 0.15) is 17.2 Å². The van der Waals surface area contributed by atoms with Gasteiger partial charge in [-0.1, -0.05) is 54.6 Å². The van der Waals surface area contributed by atoms with Crippen molar-refractivity contribution in [2.75, 3.05) is 6.54 Å². The average Bonchev–Trinajstić information content (AvgIpc) is 3.36. The molecule has 0 unspecified atom stereocenters. The van der Waals surface area contributed by atoms with Crippen LogP contribution in [0.5, 0.6) is 0 Å². The van der Waals surface area contributed by atoms with Crippen molar-refractivity contribution in [3.05, 3.63) is 100 Å². The van der Waals surface area contributed by atoms with Crippen LogP contribution in [0, 0.1) is 6.92 Å². The van der Waals surface area contributed by atoms with Gasteiger partial charge in [-0.2, -0.15) is 18.3 Å². The maximum atomic E-state index is 12.4. The molecule has 206 valence electrons. The maximum absolute atomic E-state index is 12.4. The van der Waals surface area contributed by atoms with Gasteiger partial charge in [0.15, 0.2) is 5.82 Å². The van der Waals surface area contributed by atoms with E-state index in [2.05, 4.69) is 49.7 Å². The van der Waals surface area contributed by atoms with Crippen LogP contribution < -0.4 is 10.9 Å². The number of pyridine rings is 2. The summed E-state index contributed by atoms with van der Waals surface area (Å²) in [4.78, 5) is 33.2. The molecule has 0 saturated carbocycles. The van der Waals surface area contributed by atoms with E-state index in [-0.39, 0.29) is 5.56 Å². The lowest BCUT2D eigenvalue weighted by Crippen LogP contribution is -2.21. The molecule has 5 rings (SSSR count). The number of aromatic nitrogens is 5. The van der Waals surface area contributed by atoms with Gasteiger partial charge in [-0.05, 0) is 30.2 Å². The Morgan fingerprint density at radius 1 is 1.00 bits per heavy atom. The Morgan fingerprint density at radius 3 is 2.33 bits per heavy atom. The Hall–Kier alpha value is -4.84. The van der Waals surface area contributed by atoms with E-state index in [1.54, 1.807) is 6.20 Å². The molecule has 0 fully saturated rings. The van der Waals surface area contributed by atoms with Gasteiger partial charge >= 0.3 is 12.1 Å². The van der Waals surface area contributed by atoms with E-state index in [1.165, 1.54) is 5.56 Å². The zero-order valence-electron chi connectivity index (χ0n) is 21.3. The molecule has 2 aromatic carbocycles. The van der Waals surface area contributed by atoms with Crippen molar-refractivity contribution in [1.29, 1.82) is 0 Å². The van der Waals surface area contributed by atoms with Crippen LogP contribution in [0.2, 0.25) is 0 Å². The molecule has 12 heteroatoms. The third kappa shape index (κ3) is 7.17. The summed E-state index contributed by atoms with van der Waals surface area (Å²) >= 11 is 0. The lowest BCUT2D eigenvalue weighted by Gasteiger charge is -2.12. The van der Waals surface area contributed by atoms with Crippen LogP contribution in [0.25, 0.3) is 33.3 Å². The van der Waals surface area contributed by atoms with E-state index in [0.29, 0.717) is 10.9 Å².